The van der Waals surface area contributed by atoms with E-state index in [0.717, 1.165) is 5.56 Å². The van der Waals surface area contributed by atoms with Crippen molar-refractivity contribution in [2.24, 2.45) is 0 Å². The van der Waals surface area contributed by atoms with Crippen LogP contribution in [-0.2, 0) is 11.3 Å². The fraction of sp³-hybridized carbons (Fsp3) is 0.235. The number of nitrogens with one attached hydrogen (secondary N) is 1. The average molecular weight is 315 g/mol. The van der Waals surface area contributed by atoms with Crippen LogP contribution in [0.1, 0.15) is 12.5 Å². The van der Waals surface area contributed by atoms with E-state index in [0.29, 0.717) is 18.0 Å². The Morgan fingerprint density at radius 2 is 1.70 bits per heavy atom. The lowest BCUT2D eigenvalue weighted by Crippen LogP contribution is -3.03. The SMILES string of the molecule is CCOC(=O)NC1([NH2+]Cc2ccccc2)Oc2ccccc2O1. The van der Waals surface area contributed by atoms with Gasteiger partial charge in [0.15, 0.2) is 11.5 Å². The highest BCUT2D eigenvalue weighted by Gasteiger charge is 2.48. The number of hydrogen-bond acceptors (Lipinski definition) is 4. The van der Waals surface area contributed by atoms with Gasteiger partial charge in [0.25, 0.3) is 0 Å². The topological polar surface area (TPSA) is 73.4 Å². The Balaban J connectivity index is 1.76. The molecule has 6 heteroatoms. The third-order valence-corrected chi connectivity index (χ3v) is 3.37. The van der Waals surface area contributed by atoms with Crippen LogP contribution in [0.15, 0.2) is 54.6 Å². The number of rotatable bonds is 5. The predicted octanol–water partition coefficient (Wildman–Crippen LogP) is 1.58. The quantitative estimate of drug-likeness (QED) is 0.822. The normalized spacial score (nSPS) is 14.3. The molecule has 1 aliphatic heterocycles. The van der Waals surface area contributed by atoms with Gasteiger partial charge in [-0.3, -0.25) is 0 Å². The van der Waals surface area contributed by atoms with Gasteiger partial charge in [-0.1, -0.05) is 42.5 Å². The first kappa shape index (κ1) is 15.2. The molecule has 0 bridgehead atoms. The summed E-state index contributed by atoms with van der Waals surface area (Å²) in [4.78, 5) is 11.9. The van der Waals surface area contributed by atoms with Gasteiger partial charge in [-0.25, -0.2) is 10.1 Å². The van der Waals surface area contributed by atoms with Crippen molar-refractivity contribution in [3.63, 3.8) is 0 Å². The summed E-state index contributed by atoms with van der Waals surface area (Å²) in [5.41, 5.74) is 1.08. The number of para-hydroxylation sites is 2. The smallest absolute Gasteiger partial charge is 0.450 e. The first-order valence-electron chi connectivity index (χ1n) is 7.51. The van der Waals surface area contributed by atoms with Crippen molar-refractivity contribution in [3.05, 3.63) is 60.2 Å². The molecular formula is C17H19N2O4+. The molecule has 6 nitrogen and oxygen atoms in total. The molecule has 0 atom stereocenters. The Labute approximate surface area is 134 Å². The second kappa shape index (κ2) is 6.58. The van der Waals surface area contributed by atoms with Crippen molar-refractivity contribution in [3.8, 4) is 11.5 Å². The van der Waals surface area contributed by atoms with Crippen LogP contribution in [0.25, 0.3) is 0 Å². The van der Waals surface area contributed by atoms with Crippen LogP contribution < -0.4 is 20.1 Å². The van der Waals surface area contributed by atoms with Crippen LogP contribution in [-0.4, -0.2) is 18.7 Å². The summed E-state index contributed by atoms with van der Waals surface area (Å²) in [6.07, 6.45) is -0.593. The summed E-state index contributed by atoms with van der Waals surface area (Å²) < 4.78 is 16.6. The molecule has 2 aromatic rings. The molecule has 1 heterocycles. The fourth-order valence-electron chi connectivity index (χ4n) is 2.33. The first-order chi connectivity index (χ1) is 11.2. The van der Waals surface area contributed by atoms with E-state index in [1.54, 1.807) is 24.4 Å². The number of nitrogens with two attached hydrogens (primary N) is 1. The van der Waals surface area contributed by atoms with Gasteiger partial charge in [-0.05, 0) is 19.1 Å². The number of quaternary nitrogens is 1. The van der Waals surface area contributed by atoms with Crippen LogP contribution in [0.4, 0.5) is 4.79 Å². The second-order valence-corrected chi connectivity index (χ2v) is 5.06. The molecule has 1 aliphatic rings. The first-order valence-corrected chi connectivity index (χ1v) is 7.51. The van der Waals surface area contributed by atoms with Gasteiger partial charge in [-0.15, -0.1) is 0 Å². The van der Waals surface area contributed by atoms with Crippen molar-refractivity contribution in [2.75, 3.05) is 6.61 Å². The lowest BCUT2D eigenvalue weighted by molar-refractivity contribution is -0.809. The Morgan fingerprint density at radius 1 is 1.09 bits per heavy atom. The van der Waals surface area contributed by atoms with Crippen molar-refractivity contribution < 1.29 is 24.3 Å². The molecule has 2 aromatic carbocycles. The number of carbonyl (C=O) groups excluding carboxylic acids is 1. The van der Waals surface area contributed by atoms with Gasteiger partial charge in [0.05, 0.1) is 6.61 Å². The number of alkyl carbamates (subject to hydrolysis) is 1. The number of carbonyl (C=O) groups is 1. The molecule has 3 rings (SSSR count). The molecule has 1 amide bonds. The number of fused-ring (bicyclic) bond motifs is 1. The van der Waals surface area contributed by atoms with Gasteiger partial charge in [0.1, 0.15) is 6.54 Å². The molecule has 23 heavy (non-hydrogen) atoms. The molecule has 0 radical (unpaired) electrons. The van der Waals surface area contributed by atoms with E-state index < -0.39 is 12.1 Å². The highest BCUT2D eigenvalue weighted by atomic mass is 16.8. The van der Waals surface area contributed by atoms with E-state index in [1.807, 2.05) is 42.5 Å². The van der Waals surface area contributed by atoms with E-state index in [-0.39, 0.29) is 6.61 Å². The van der Waals surface area contributed by atoms with Crippen LogP contribution in [0.2, 0.25) is 0 Å². The molecule has 0 saturated carbocycles. The summed E-state index contributed by atoms with van der Waals surface area (Å²) in [6.45, 7) is 2.58. The lowest BCUT2D eigenvalue weighted by atomic mass is 10.2. The monoisotopic (exact) mass is 315 g/mol. The highest BCUT2D eigenvalue weighted by Crippen LogP contribution is 2.35. The Kier molecular flexibility index (Phi) is 4.34. The summed E-state index contributed by atoms with van der Waals surface area (Å²) in [7, 11) is 0. The minimum atomic E-state index is -1.37. The average Bonchev–Trinajstić information content (AvgIpc) is 2.92. The number of hydrogen-bond donors (Lipinski definition) is 2. The molecule has 0 aliphatic carbocycles. The summed E-state index contributed by atoms with van der Waals surface area (Å²) >= 11 is 0. The third-order valence-electron chi connectivity index (χ3n) is 3.37. The molecule has 3 N–H and O–H groups in total. The van der Waals surface area contributed by atoms with Crippen LogP contribution in [0.3, 0.4) is 0 Å². The summed E-state index contributed by atoms with van der Waals surface area (Å²) in [5.74, 6) is 1.15. The van der Waals surface area contributed by atoms with Crippen molar-refractivity contribution >= 4 is 6.09 Å². The molecule has 0 spiro atoms. The van der Waals surface area contributed by atoms with Gasteiger partial charge in [0, 0.05) is 5.56 Å². The van der Waals surface area contributed by atoms with Crippen molar-refractivity contribution in [2.45, 2.75) is 19.5 Å². The summed E-state index contributed by atoms with van der Waals surface area (Å²) in [6, 6.07) is 15.8. The minimum absolute atomic E-state index is 0.271. The molecule has 0 aromatic heterocycles. The predicted molar refractivity (Wildman–Crippen MR) is 82.7 cm³/mol. The molecular weight excluding hydrogens is 296 g/mol. The number of benzene rings is 2. The maximum atomic E-state index is 11.9. The zero-order chi connectivity index (χ0) is 16.1. The molecule has 0 fully saturated rings. The van der Waals surface area contributed by atoms with Gasteiger partial charge >= 0.3 is 12.1 Å². The number of ether oxygens (including phenoxy) is 3. The largest absolute Gasteiger partial charge is 0.503 e. The molecule has 0 saturated heterocycles. The van der Waals surface area contributed by atoms with Gasteiger partial charge in [0.2, 0.25) is 0 Å². The highest BCUT2D eigenvalue weighted by molar-refractivity contribution is 5.67. The van der Waals surface area contributed by atoms with E-state index in [2.05, 4.69) is 5.32 Å². The van der Waals surface area contributed by atoms with E-state index in [4.69, 9.17) is 14.2 Å². The van der Waals surface area contributed by atoms with Crippen molar-refractivity contribution in [1.82, 2.24) is 5.32 Å². The Bertz CT molecular complexity index is 650. The molecule has 120 valence electrons. The van der Waals surface area contributed by atoms with E-state index in [9.17, 15) is 4.79 Å². The standard InChI is InChI=1S/C17H18N2O4/c1-2-21-16(20)19-17(18-12-13-8-4-3-5-9-13)22-14-10-6-7-11-15(14)23-17/h3-11,18H,2,12H2,1H3,(H,19,20)/p+1. The minimum Gasteiger partial charge on any atom is -0.450 e. The zero-order valence-corrected chi connectivity index (χ0v) is 12.8. The fourth-order valence-corrected chi connectivity index (χ4v) is 2.33. The molecule has 0 unspecified atom stereocenters. The maximum absolute atomic E-state index is 11.9. The maximum Gasteiger partial charge on any atom is 0.503 e. The summed E-state index contributed by atoms with van der Waals surface area (Å²) in [5, 5.41) is 4.43. The third kappa shape index (κ3) is 3.54. The van der Waals surface area contributed by atoms with Gasteiger partial charge < -0.3 is 14.2 Å². The lowest BCUT2D eigenvalue weighted by Gasteiger charge is -2.24. The van der Waals surface area contributed by atoms with E-state index >= 15 is 0 Å². The number of amides is 1. The second-order valence-electron chi connectivity index (χ2n) is 5.06. The Morgan fingerprint density at radius 3 is 2.30 bits per heavy atom. The van der Waals surface area contributed by atoms with Crippen molar-refractivity contribution in [1.29, 1.82) is 0 Å². The zero-order valence-electron chi connectivity index (χ0n) is 12.8. The Hall–Kier alpha value is -2.73. The van der Waals surface area contributed by atoms with Crippen LogP contribution >= 0.6 is 0 Å². The van der Waals surface area contributed by atoms with E-state index in [1.165, 1.54) is 0 Å². The van der Waals surface area contributed by atoms with Crippen LogP contribution in [0, 0.1) is 0 Å². The van der Waals surface area contributed by atoms with Gasteiger partial charge in [-0.2, -0.15) is 5.32 Å². The van der Waals surface area contributed by atoms with Crippen LogP contribution in [0.5, 0.6) is 11.5 Å².